The van der Waals surface area contributed by atoms with Gasteiger partial charge in [-0.3, -0.25) is 4.79 Å². The molecule has 0 N–H and O–H groups in total. The Morgan fingerprint density at radius 1 is 1.00 bits per heavy atom. The molecule has 0 bridgehead atoms. The van der Waals surface area contributed by atoms with Crippen LogP contribution in [-0.2, 0) is 11.2 Å². The molecule has 1 saturated heterocycles. The first kappa shape index (κ1) is 16.4. The topological polar surface area (TPSA) is 36.7 Å². The van der Waals surface area contributed by atoms with Crippen molar-refractivity contribution in [3.8, 4) is 0 Å². The minimum atomic E-state index is 0.301. The number of anilines is 1. The Bertz CT molecular complexity index is 969. The summed E-state index contributed by atoms with van der Waals surface area (Å²) in [5.74, 6) is 0.873. The summed E-state index contributed by atoms with van der Waals surface area (Å²) in [5, 5.41) is 1.13. The molecule has 2 heterocycles. The zero-order valence-corrected chi connectivity index (χ0v) is 15.4. The Balaban J connectivity index is 1.16. The number of furan rings is 1. The fourth-order valence-corrected chi connectivity index (χ4v) is 4.50. The number of hydrogen-bond donors (Lipinski definition) is 0. The van der Waals surface area contributed by atoms with Gasteiger partial charge in [-0.15, -0.1) is 0 Å². The monoisotopic (exact) mass is 360 g/mol. The molecular weight excluding hydrogens is 336 g/mol. The van der Waals surface area contributed by atoms with Gasteiger partial charge in [0.25, 0.3) is 0 Å². The Hall–Kier alpha value is -2.75. The SMILES string of the molecule is O=C(CCC1Cc2ccccc21)N1CCN(c2cccc3ccoc23)CC1. The second kappa shape index (κ2) is 6.76. The number of rotatable bonds is 4. The predicted molar refractivity (Wildman–Crippen MR) is 107 cm³/mol. The van der Waals surface area contributed by atoms with Crippen LogP contribution in [0, 0.1) is 0 Å². The molecule has 4 nitrogen and oxygen atoms in total. The van der Waals surface area contributed by atoms with Gasteiger partial charge in [-0.25, -0.2) is 0 Å². The van der Waals surface area contributed by atoms with Crippen molar-refractivity contribution in [2.75, 3.05) is 31.1 Å². The Morgan fingerprint density at radius 3 is 2.70 bits per heavy atom. The summed E-state index contributed by atoms with van der Waals surface area (Å²) >= 11 is 0. The van der Waals surface area contributed by atoms with E-state index < -0.39 is 0 Å². The molecule has 2 aliphatic rings. The first-order valence-corrected chi connectivity index (χ1v) is 9.86. The molecule has 1 unspecified atom stereocenters. The molecule has 1 fully saturated rings. The Morgan fingerprint density at radius 2 is 1.85 bits per heavy atom. The van der Waals surface area contributed by atoms with Crippen molar-refractivity contribution < 1.29 is 9.21 Å². The van der Waals surface area contributed by atoms with E-state index in [2.05, 4.69) is 47.4 Å². The second-order valence-electron chi connectivity index (χ2n) is 7.62. The molecule has 0 radical (unpaired) electrons. The van der Waals surface area contributed by atoms with Crippen LogP contribution in [0.25, 0.3) is 11.0 Å². The van der Waals surface area contributed by atoms with Crippen LogP contribution in [0.4, 0.5) is 5.69 Å². The van der Waals surface area contributed by atoms with E-state index in [1.165, 1.54) is 11.1 Å². The van der Waals surface area contributed by atoms with Gasteiger partial charge in [0.15, 0.2) is 5.58 Å². The zero-order chi connectivity index (χ0) is 18.2. The van der Waals surface area contributed by atoms with E-state index in [1.807, 2.05) is 11.0 Å². The van der Waals surface area contributed by atoms with E-state index in [0.29, 0.717) is 18.2 Å². The van der Waals surface area contributed by atoms with E-state index in [4.69, 9.17) is 4.42 Å². The van der Waals surface area contributed by atoms with Crippen LogP contribution >= 0.6 is 0 Å². The molecule has 1 aliphatic heterocycles. The Kier molecular flexibility index (Phi) is 4.12. The summed E-state index contributed by atoms with van der Waals surface area (Å²) in [6, 6.07) is 16.9. The molecule has 3 aromatic rings. The average Bonchev–Trinajstić information content (AvgIpc) is 3.17. The molecule has 2 aromatic carbocycles. The number of hydrogen-bond acceptors (Lipinski definition) is 3. The van der Waals surface area contributed by atoms with Crippen molar-refractivity contribution in [3.05, 3.63) is 65.9 Å². The molecule has 1 amide bonds. The normalized spacial score (nSPS) is 19.0. The minimum Gasteiger partial charge on any atom is -0.462 e. The van der Waals surface area contributed by atoms with Gasteiger partial charge in [0.2, 0.25) is 5.91 Å². The summed E-state index contributed by atoms with van der Waals surface area (Å²) in [4.78, 5) is 17.0. The highest BCUT2D eigenvalue weighted by Crippen LogP contribution is 2.38. The first-order valence-electron chi connectivity index (χ1n) is 9.86. The predicted octanol–water partition coefficient (Wildman–Crippen LogP) is 4.20. The first-order chi connectivity index (χ1) is 13.3. The largest absolute Gasteiger partial charge is 0.462 e. The highest BCUT2D eigenvalue weighted by molar-refractivity contribution is 5.89. The van der Waals surface area contributed by atoms with Gasteiger partial charge >= 0.3 is 0 Å². The summed E-state index contributed by atoms with van der Waals surface area (Å²) in [5.41, 5.74) is 4.98. The van der Waals surface area contributed by atoms with Gasteiger partial charge in [-0.05, 0) is 42.0 Å². The van der Waals surface area contributed by atoms with E-state index in [1.54, 1.807) is 6.26 Å². The van der Waals surface area contributed by atoms with E-state index in [0.717, 1.165) is 55.7 Å². The maximum Gasteiger partial charge on any atom is 0.222 e. The minimum absolute atomic E-state index is 0.301. The van der Waals surface area contributed by atoms with Crippen LogP contribution in [-0.4, -0.2) is 37.0 Å². The number of piperazine rings is 1. The van der Waals surface area contributed by atoms with Crippen molar-refractivity contribution in [2.24, 2.45) is 0 Å². The maximum absolute atomic E-state index is 12.7. The van der Waals surface area contributed by atoms with Crippen molar-refractivity contribution in [3.63, 3.8) is 0 Å². The molecule has 4 heteroatoms. The van der Waals surface area contributed by atoms with Crippen LogP contribution < -0.4 is 4.90 Å². The van der Waals surface area contributed by atoms with Crippen LogP contribution in [0.2, 0.25) is 0 Å². The van der Waals surface area contributed by atoms with Gasteiger partial charge in [0.1, 0.15) is 0 Å². The number of benzene rings is 2. The summed E-state index contributed by atoms with van der Waals surface area (Å²) in [6.07, 6.45) is 4.51. The van der Waals surface area contributed by atoms with Crippen LogP contribution in [0.3, 0.4) is 0 Å². The Labute approximate surface area is 159 Å². The van der Waals surface area contributed by atoms with Gasteiger partial charge in [0, 0.05) is 38.0 Å². The number of carbonyl (C=O) groups excluding carboxylic acids is 1. The molecule has 5 rings (SSSR count). The second-order valence-corrected chi connectivity index (χ2v) is 7.62. The third kappa shape index (κ3) is 2.99. The molecule has 1 atom stereocenters. The van der Waals surface area contributed by atoms with Crippen molar-refractivity contribution in [2.45, 2.75) is 25.2 Å². The molecule has 0 spiro atoms. The van der Waals surface area contributed by atoms with Crippen LogP contribution in [0.5, 0.6) is 0 Å². The zero-order valence-electron chi connectivity index (χ0n) is 15.4. The maximum atomic E-state index is 12.7. The summed E-state index contributed by atoms with van der Waals surface area (Å²) in [6.45, 7) is 3.30. The standard InChI is InChI=1S/C23H24N2O2/c26-22(9-8-19-16-18-4-1-2-6-20(18)19)25-13-11-24(12-14-25)21-7-3-5-17-10-15-27-23(17)21/h1-7,10,15,19H,8-9,11-14,16H2. The molecule has 27 heavy (non-hydrogen) atoms. The third-order valence-electron chi connectivity index (χ3n) is 6.10. The van der Waals surface area contributed by atoms with E-state index in [-0.39, 0.29) is 0 Å². The van der Waals surface area contributed by atoms with Crippen molar-refractivity contribution in [1.29, 1.82) is 0 Å². The molecule has 0 saturated carbocycles. The number of amides is 1. The quantitative estimate of drug-likeness (QED) is 0.700. The molecule has 138 valence electrons. The lowest BCUT2D eigenvalue weighted by Gasteiger charge is -2.36. The van der Waals surface area contributed by atoms with Crippen LogP contribution in [0.15, 0.2) is 59.2 Å². The number of nitrogens with zero attached hydrogens (tertiary/aromatic N) is 2. The number of carbonyl (C=O) groups is 1. The summed E-state index contributed by atoms with van der Waals surface area (Å²) in [7, 11) is 0. The third-order valence-corrected chi connectivity index (χ3v) is 6.10. The highest BCUT2D eigenvalue weighted by Gasteiger charge is 2.28. The smallest absolute Gasteiger partial charge is 0.222 e. The summed E-state index contributed by atoms with van der Waals surface area (Å²) < 4.78 is 5.67. The van der Waals surface area contributed by atoms with E-state index >= 15 is 0 Å². The lowest BCUT2D eigenvalue weighted by atomic mass is 9.75. The lowest BCUT2D eigenvalue weighted by Crippen LogP contribution is -2.48. The molecule has 1 aromatic heterocycles. The fourth-order valence-electron chi connectivity index (χ4n) is 4.50. The van der Waals surface area contributed by atoms with E-state index in [9.17, 15) is 4.79 Å². The van der Waals surface area contributed by atoms with Gasteiger partial charge in [0.05, 0.1) is 12.0 Å². The van der Waals surface area contributed by atoms with Gasteiger partial charge in [-0.1, -0.05) is 36.4 Å². The highest BCUT2D eigenvalue weighted by atomic mass is 16.3. The van der Waals surface area contributed by atoms with Gasteiger partial charge in [-0.2, -0.15) is 0 Å². The van der Waals surface area contributed by atoms with Crippen molar-refractivity contribution in [1.82, 2.24) is 4.90 Å². The fraction of sp³-hybridized carbons (Fsp3) is 0.348. The molecule has 1 aliphatic carbocycles. The lowest BCUT2D eigenvalue weighted by molar-refractivity contribution is -0.131. The van der Waals surface area contributed by atoms with Gasteiger partial charge < -0.3 is 14.2 Å². The molecular formula is C23H24N2O2. The number of fused-ring (bicyclic) bond motifs is 2. The average molecular weight is 360 g/mol. The van der Waals surface area contributed by atoms with Crippen molar-refractivity contribution >= 4 is 22.6 Å². The van der Waals surface area contributed by atoms with Crippen LogP contribution in [0.1, 0.15) is 29.9 Å². The number of para-hydroxylation sites is 1.